The minimum absolute atomic E-state index is 0.126. The van der Waals surface area contributed by atoms with Crippen LogP contribution in [0.4, 0.5) is 23.5 Å². The zero-order chi connectivity index (χ0) is 22.5. The summed E-state index contributed by atoms with van der Waals surface area (Å²) in [5.41, 5.74) is 6.56. The van der Waals surface area contributed by atoms with Crippen molar-refractivity contribution in [1.82, 2.24) is 15.0 Å². The number of benzene rings is 2. The molecule has 32 heavy (non-hydrogen) atoms. The molecule has 1 fully saturated rings. The van der Waals surface area contributed by atoms with Crippen LogP contribution in [0.15, 0.2) is 46.0 Å². The van der Waals surface area contributed by atoms with Crippen LogP contribution in [0, 0.1) is 13.8 Å². The van der Waals surface area contributed by atoms with Gasteiger partial charge in [0.25, 0.3) is 0 Å². The molecule has 0 unspecified atom stereocenters. The lowest BCUT2D eigenvalue weighted by Gasteiger charge is -2.27. The van der Waals surface area contributed by atoms with Crippen molar-refractivity contribution < 1.29 is 9.84 Å². The standard InChI is InChI=1S/C22H24BrN7O2/c1-14-3-4-15(2)18(11-14)25-20-26-21(28-22(27-20)30-7-9-32-10-8-30)29-24-13-16-12-17(23)5-6-19(16)31/h3-6,11-13,31H,7-10H2,1-2H3,(H2,25,26,27,28,29). The van der Waals surface area contributed by atoms with Crippen molar-refractivity contribution in [3.63, 3.8) is 0 Å². The first-order valence-electron chi connectivity index (χ1n) is 10.2. The minimum atomic E-state index is 0.126. The molecule has 10 heteroatoms. The topological polar surface area (TPSA) is 108 Å². The number of nitrogens with zero attached hydrogens (tertiary/aromatic N) is 5. The van der Waals surface area contributed by atoms with Crippen LogP contribution in [0.1, 0.15) is 16.7 Å². The summed E-state index contributed by atoms with van der Waals surface area (Å²) in [5.74, 6) is 1.37. The highest BCUT2D eigenvalue weighted by molar-refractivity contribution is 9.10. The Hall–Kier alpha value is -3.24. The zero-order valence-electron chi connectivity index (χ0n) is 17.8. The first kappa shape index (κ1) is 22.0. The molecule has 0 atom stereocenters. The van der Waals surface area contributed by atoms with Crippen molar-refractivity contribution in [2.45, 2.75) is 13.8 Å². The summed E-state index contributed by atoms with van der Waals surface area (Å²) in [6, 6.07) is 11.3. The molecule has 0 spiro atoms. The van der Waals surface area contributed by atoms with Crippen molar-refractivity contribution in [1.29, 1.82) is 0 Å². The van der Waals surface area contributed by atoms with E-state index in [9.17, 15) is 5.11 Å². The molecule has 3 aromatic rings. The Morgan fingerprint density at radius 3 is 2.66 bits per heavy atom. The SMILES string of the molecule is Cc1ccc(C)c(Nc2nc(NN=Cc3cc(Br)ccc3O)nc(N3CCOCC3)n2)c1. The van der Waals surface area contributed by atoms with Crippen LogP contribution in [0.25, 0.3) is 0 Å². The lowest BCUT2D eigenvalue weighted by Crippen LogP contribution is -2.37. The van der Waals surface area contributed by atoms with Crippen molar-refractivity contribution in [2.24, 2.45) is 5.10 Å². The third-order valence-corrected chi connectivity index (χ3v) is 5.41. The molecule has 0 aliphatic carbocycles. The van der Waals surface area contributed by atoms with Crippen molar-refractivity contribution in [3.8, 4) is 5.75 Å². The summed E-state index contributed by atoms with van der Waals surface area (Å²) in [7, 11) is 0. The summed E-state index contributed by atoms with van der Waals surface area (Å²) < 4.78 is 6.29. The predicted octanol–water partition coefficient (Wildman–Crippen LogP) is 3.98. The fourth-order valence-corrected chi connectivity index (χ4v) is 3.53. The molecular formula is C22H24BrN7O2. The van der Waals surface area contributed by atoms with E-state index in [0.29, 0.717) is 49.7 Å². The third kappa shape index (κ3) is 5.51. The van der Waals surface area contributed by atoms with E-state index in [0.717, 1.165) is 21.3 Å². The normalized spacial score (nSPS) is 14.0. The van der Waals surface area contributed by atoms with Gasteiger partial charge in [-0.1, -0.05) is 28.1 Å². The number of anilines is 4. The van der Waals surface area contributed by atoms with Gasteiger partial charge < -0.3 is 20.1 Å². The summed E-state index contributed by atoms with van der Waals surface area (Å²) in [4.78, 5) is 15.7. The Labute approximate surface area is 194 Å². The highest BCUT2D eigenvalue weighted by Gasteiger charge is 2.17. The molecule has 1 aliphatic heterocycles. The first-order chi connectivity index (χ1) is 15.5. The van der Waals surface area contributed by atoms with Gasteiger partial charge in [-0.2, -0.15) is 20.1 Å². The van der Waals surface area contributed by atoms with Crippen LogP contribution in [0.5, 0.6) is 5.75 Å². The average molecular weight is 498 g/mol. The van der Waals surface area contributed by atoms with Gasteiger partial charge in [0.1, 0.15) is 5.75 Å². The molecule has 1 saturated heterocycles. The molecule has 2 heterocycles. The summed E-state index contributed by atoms with van der Waals surface area (Å²) in [6.45, 7) is 6.70. The number of hydrogen-bond donors (Lipinski definition) is 3. The number of halogens is 1. The van der Waals surface area contributed by atoms with Gasteiger partial charge in [0, 0.05) is 28.8 Å². The predicted molar refractivity (Wildman–Crippen MR) is 129 cm³/mol. The van der Waals surface area contributed by atoms with Crippen molar-refractivity contribution in [2.75, 3.05) is 41.9 Å². The Bertz CT molecular complexity index is 1130. The monoisotopic (exact) mass is 497 g/mol. The smallest absolute Gasteiger partial charge is 0.250 e. The Morgan fingerprint density at radius 2 is 1.84 bits per heavy atom. The number of nitrogens with one attached hydrogen (secondary N) is 2. The van der Waals surface area contributed by atoms with Crippen LogP contribution < -0.4 is 15.6 Å². The van der Waals surface area contributed by atoms with Crippen LogP contribution in [-0.2, 0) is 4.74 Å². The van der Waals surface area contributed by atoms with E-state index in [1.165, 1.54) is 6.21 Å². The Kier molecular flexibility index (Phi) is 6.81. The van der Waals surface area contributed by atoms with Crippen LogP contribution in [-0.4, -0.2) is 52.6 Å². The number of aromatic hydroxyl groups is 1. The molecule has 2 aromatic carbocycles. The van der Waals surface area contributed by atoms with Gasteiger partial charge >= 0.3 is 0 Å². The highest BCUT2D eigenvalue weighted by atomic mass is 79.9. The zero-order valence-corrected chi connectivity index (χ0v) is 19.4. The number of hydrazone groups is 1. The number of morpholine rings is 1. The van der Waals surface area contributed by atoms with E-state index in [1.54, 1.807) is 18.2 Å². The number of aromatic nitrogens is 3. The molecule has 3 N–H and O–H groups in total. The van der Waals surface area contributed by atoms with E-state index >= 15 is 0 Å². The number of aryl methyl sites for hydroxylation is 2. The van der Waals surface area contributed by atoms with E-state index in [4.69, 9.17) is 4.74 Å². The molecule has 0 saturated carbocycles. The van der Waals surface area contributed by atoms with Gasteiger partial charge in [0.15, 0.2) is 0 Å². The second-order valence-electron chi connectivity index (χ2n) is 7.40. The van der Waals surface area contributed by atoms with Gasteiger partial charge in [-0.25, -0.2) is 5.43 Å². The molecule has 0 radical (unpaired) electrons. The molecule has 1 aromatic heterocycles. The van der Waals surface area contributed by atoms with Gasteiger partial charge in [-0.15, -0.1) is 0 Å². The third-order valence-electron chi connectivity index (χ3n) is 4.91. The lowest BCUT2D eigenvalue weighted by molar-refractivity contribution is 0.122. The van der Waals surface area contributed by atoms with Crippen LogP contribution in [0.3, 0.4) is 0 Å². The van der Waals surface area contributed by atoms with Crippen LogP contribution >= 0.6 is 15.9 Å². The van der Waals surface area contributed by atoms with Crippen LogP contribution in [0.2, 0.25) is 0 Å². The maximum absolute atomic E-state index is 9.99. The maximum Gasteiger partial charge on any atom is 0.250 e. The van der Waals surface area contributed by atoms with Gasteiger partial charge in [-0.3, -0.25) is 0 Å². The first-order valence-corrected chi connectivity index (χ1v) is 11.0. The minimum Gasteiger partial charge on any atom is -0.507 e. The van der Waals surface area contributed by atoms with Gasteiger partial charge in [0.2, 0.25) is 17.8 Å². The molecule has 4 rings (SSSR count). The van der Waals surface area contributed by atoms with Crippen molar-refractivity contribution in [3.05, 3.63) is 57.6 Å². The number of phenols is 1. The molecule has 1 aliphatic rings. The van der Waals surface area contributed by atoms with E-state index < -0.39 is 0 Å². The number of ether oxygens (including phenoxy) is 1. The van der Waals surface area contributed by atoms with Crippen molar-refractivity contribution >= 4 is 45.7 Å². The van der Waals surface area contributed by atoms with E-state index in [-0.39, 0.29) is 5.75 Å². The summed E-state index contributed by atoms with van der Waals surface area (Å²) >= 11 is 3.39. The average Bonchev–Trinajstić information content (AvgIpc) is 2.79. The van der Waals surface area contributed by atoms with E-state index in [2.05, 4.69) is 69.8 Å². The quantitative estimate of drug-likeness (QED) is 0.346. The molecule has 0 amide bonds. The highest BCUT2D eigenvalue weighted by Crippen LogP contribution is 2.23. The number of phenolic OH excluding ortho intramolecular Hbond substituents is 1. The second-order valence-corrected chi connectivity index (χ2v) is 8.31. The molecule has 166 valence electrons. The fraction of sp³-hybridized carbons (Fsp3) is 0.273. The number of hydrogen-bond acceptors (Lipinski definition) is 9. The second kappa shape index (κ2) is 9.92. The lowest BCUT2D eigenvalue weighted by atomic mass is 10.1. The molecule has 0 bridgehead atoms. The Morgan fingerprint density at radius 1 is 1.06 bits per heavy atom. The number of rotatable bonds is 6. The Balaban J connectivity index is 1.61. The fourth-order valence-electron chi connectivity index (χ4n) is 3.15. The largest absolute Gasteiger partial charge is 0.507 e. The van der Waals surface area contributed by atoms with Gasteiger partial charge in [0.05, 0.1) is 19.4 Å². The van der Waals surface area contributed by atoms with Gasteiger partial charge in [-0.05, 0) is 49.2 Å². The molecular weight excluding hydrogens is 474 g/mol. The van der Waals surface area contributed by atoms with E-state index in [1.807, 2.05) is 13.8 Å². The summed E-state index contributed by atoms with van der Waals surface area (Å²) in [6.07, 6.45) is 1.51. The molecule has 9 nitrogen and oxygen atoms in total. The summed E-state index contributed by atoms with van der Waals surface area (Å²) in [5, 5.41) is 17.5. The maximum atomic E-state index is 9.99.